The van der Waals surface area contributed by atoms with Gasteiger partial charge in [-0.1, -0.05) is 6.92 Å². The molecule has 1 heterocycles. The van der Waals surface area contributed by atoms with Gasteiger partial charge in [0.25, 0.3) is 0 Å². The van der Waals surface area contributed by atoms with Crippen LogP contribution in [0, 0.1) is 0 Å². The lowest BCUT2D eigenvalue weighted by molar-refractivity contribution is 0.241. The number of hydrogen-bond donors (Lipinski definition) is 1. The molecule has 0 aromatic carbocycles. The molecule has 4 nitrogen and oxygen atoms in total. The van der Waals surface area contributed by atoms with Gasteiger partial charge in [0.1, 0.15) is 0 Å². The monoisotopic (exact) mass is 368 g/mol. The van der Waals surface area contributed by atoms with Gasteiger partial charge >= 0.3 is 0 Å². The van der Waals surface area contributed by atoms with Crippen molar-refractivity contribution in [2.24, 2.45) is 10.7 Å². The van der Waals surface area contributed by atoms with Gasteiger partial charge in [0.2, 0.25) is 0 Å². The van der Waals surface area contributed by atoms with Crippen LogP contribution >= 0.6 is 24.0 Å². The molecular weight excluding hydrogens is 339 g/mol. The number of nitrogens with zero attached hydrogens (tertiary/aromatic N) is 3. The van der Waals surface area contributed by atoms with Crippen molar-refractivity contribution < 1.29 is 0 Å². The van der Waals surface area contributed by atoms with Crippen molar-refractivity contribution in [2.75, 3.05) is 32.7 Å². The highest BCUT2D eigenvalue weighted by molar-refractivity contribution is 14.0. The predicted octanol–water partition coefficient (Wildman–Crippen LogP) is 2.14. The average molecular weight is 368 g/mol. The maximum Gasteiger partial charge on any atom is 0.191 e. The first-order chi connectivity index (χ1) is 8.22. The van der Waals surface area contributed by atoms with Crippen LogP contribution in [0.5, 0.6) is 0 Å². The Balaban J connectivity index is 0.00000289. The lowest BCUT2D eigenvalue weighted by atomic mass is 10.2. The van der Waals surface area contributed by atoms with Gasteiger partial charge in [-0.2, -0.15) is 0 Å². The molecular formula is C13H29IN4. The Morgan fingerprint density at radius 1 is 1.22 bits per heavy atom. The third-order valence-corrected chi connectivity index (χ3v) is 3.68. The third-order valence-electron chi connectivity index (χ3n) is 3.68. The van der Waals surface area contributed by atoms with Gasteiger partial charge in [-0.15, -0.1) is 24.0 Å². The normalized spacial score (nSPS) is 18.5. The van der Waals surface area contributed by atoms with E-state index in [0.717, 1.165) is 26.1 Å². The molecule has 5 heteroatoms. The summed E-state index contributed by atoms with van der Waals surface area (Å²) in [5.74, 6) is 0.702. The fraction of sp³-hybridized carbons (Fsp3) is 0.923. The van der Waals surface area contributed by atoms with E-state index in [1.54, 1.807) is 0 Å². The predicted molar refractivity (Wildman–Crippen MR) is 89.7 cm³/mol. The van der Waals surface area contributed by atoms with Crippen molar-refractivity contribution in [3.8, 4) is 0 Å². The van der Waals surface area contributed by atoms with Crippen LogP contribution in [-0.4, -0.2) is 54.5 Å². The van der Waals surface area contributed by atoms with Gasteiger partial charge < -0.3 is 10.6 Å². The summed E-state index contributed by atoms with van der Waals surface area (Å²) in [6, 6.07) is 0.576. The Bertz CT molecular complexity index is 235. The van der Waals surface area contributed by atoms with Crippen LogP contribution in [0.1, 0.15) is 40.0 Å². The summed E-state index contributed by atoms with van der Waals surface area (Å²) in [6.45, 7) is 11.7. The van der Waals surface area contributed by atoms with E-state index in [1.165, 1.54) is 25.9 Å². The van der Waals surface area contributed by atoms with Crippen LogP contribution in [0.15, 0.2) is 4.99 Å². The molecule has 18 heavy (non-hydrogen) atoms. The number of hydrogen-bond acceptors (Lipinski definition) is 2. The van der Waals surface area contributed by atoms with Crippen molar-refractivity contribution in [2.45, 2.75) is 46.1 Å². The zero-order chi connectivity index (χ0) is 12.7. The fourth-order valence-electron chi connectivity index (χ4n) is 2.46. The minimum atomic E-state index is 0. The first-order valence-electron chi connectivity index (χ1n) is 7.01. The molecule has 1 aliphatic rings. The Kier molecular flexibility index (Phi) is 9.81. The van der Waals surface area contributed by atoms with Crippen molar-refractivity contribution >= 4 is 29.9 Å². The highest BCUT2D eigenvalue weighted by Crippen LogP contribution is 2.14. The summed E-state index contributed by atoms with van der Waals surface area (Å²) in [5.41, 5.74) is 6.00. The van der Waals surface area contributed by atoms with Gasteiger partial charge in [-0.3, -0.25) is 9.89 Å². The quantitative estimate of drug-likeness (QED) is 0.444. The minimum Gasteiger partial charge on any atom is -0.370 e. The van der Waals surface area contributed by atoms with E-state index in [-0.39, 0.29) is 24.0 Å². The molecule has 0 radical (unpaired) electrons. The summed E-state index contributed by atoms with van der Waals surface area (Å²) < 4.78 is 0. The lowest BCUT2D eigenvalue weighted by Gasteiger charge is -2.26. The van der Waals surface area contributed by atoms with Crippen LogP contribution in [-0.2, 0) is 0 Å². The molecule has 1 atom stereocenters. The second-order valence-electron chi connectivity index (χ2n) is 4.68. The number of nitrogens with two attached hydrogens (primary N) is 1. The van der Waals surface area contributed by atoms with E-state index >= 15 is 0 Å². The zero-order valence-corrected chi connectivity index (χ0v) is 14.4. The topological polar surface area (TPSA) is 44.9 Å². The molecule has 0 aromatic rings. The lowest BCUT2D eigenvalue weighted by Crippen LogP contribution is -2.39. The van der Waals surface area contributed by atoms with Crippen molar-refractivity contribution in [3.63, 3.8) is 0 Å². The summed E-state index contributed by atoms with van der Waals surface area (Å²) in [5, 5.41) is 0. The molecule has 1 aliphatic heterocycles. The minimum absolute atomic E-state index is 0. The molecule has 1 saturated heterocycles. The molecule has 108 valence electrons. The maximum absolute atomic E-state index is 6.00. The number of aliphatic imine (C=N–C) groups is 1. The summed E-state index contributed by atoms with van der Waals surface area (Å²) in [6.07, 6.45) is 3.84. The molecule has 0 aliphatic carbocycles. The van der Waals surface area contributed by atoms with E-state index < -0.39 is 0 Å². The van der Waals surface area contributed by atoms with E-state index in [1.807, 2.05) is 0 Å². The van der Waals surface area contributed by atoms with E-state index in [9.17, 15) is 0 Å². The SMILES string of the molecule is CCC(CN=C(N)N(CC)CC)N1CCCC1.I. The van der Waals surface area contributed by atoms with Crippen molar-refractivity contribution in [3.05, 3.63) is 0 Å². The Hall–Kier alpha value is -0.0400. The highest BCUT2D eigenvalue weighted by Gasteiger charge is 2.20. The average Bonchev–Trinajstić information content (AvgIpc) is 2.85. The Morgan fingerprint density at radius 3 is 2.22 bits per heavy atom. The molecule has 0 bridgehead atoms. The van der Waals surface area contributed by atoms with Gasteiger partial charge in [0, 0.05) is 19.1 Å². The Morgan fingerprint density at radius 2 is 1.78 bits per heavy atom. The molecule has 1 unspecified atom stereocenters. The van der Waals surface area contributed by atoms with Crippen molar-refractivity contribution in [1.29, 1.82) is 0 Å². The van der Waals surface area contributed by atoms with Crippen LogP contribution in [0.25, 0.3) is 0 Å². The molecule has 2 N–H and O–H groups in total. The van der Waals surface area contributed by atoms with Crippen LogP contribution in [0.4, 0.5) is 0 Å². The fourth-order valence-corrected chi connectivity index (χ4v) is 2.46. The number of likely N-dealkylation sites (tertiary alicyclic amines) is 1. The van der Waals surface area contributed by atoms with Gasteiger partial charge in [0.15, 0.2) is 5.96 Å². The van der Waals surface area contributed by atoms with Crippen LogP contribution in [0.3, 0.4) is 0 Å². The second-order valence-corrected chi connectivity index (χ2v) is 4.68. The summed E-state index contributed by atoms with van der Waals surface area (Å²) in [4.78, 5) is 9.22. The first kappa shape index (κ1) is 18.0. The second kappa shape index (κ2) is 9.83. The standard InChI is InChI=1S/C13H28N4.HI/c1-4-12(17-9-7-8-10-17)11-15-13(14)16(5-2)6-3;/h12H,4-11H2,1-3H3,(H2,14,15);1H. The smallest absolute Gasteiger partial charge is 0.191 e. The molecule has 1 fully saturated rings. The molecule has 0 aromatic heterocycles. The number of rotatable bonds is 6. The highest BCUT2D eigenvalue weighted by atomic mass is 127. The van der Waals surface area contributed by atoms with E-state index in [2.05, 4.69) is 35.6 Å². The molecule has 1 rings (SSSR count). The van der Waals surface area contributed by atoms with E-state index in [0.29, 0.717) is 12.0 Å². The molecule has 0 spiro atoms. The number of guanidine groups is 1. The summed E-state index contributed by atoms with van der Waals surface area (Å²) in [7, 11) is 0. The van der Waals surface area contributed by atoms with Crippen LogP contribution in [0.2, 0.25) is 0 Å². The third kappa shape index (κ3) is 5.30. The largest absolute Gasteiger partial charge is 0.370 e. The molecule has 0 saturated carbocycles. The van der Waals surface area contributed by atoms with Gasteiger partial charge in [-0.25, -0.2) is 0 Å². The van der Waals surface area contributed by atoms with Crippen LogP contribution < -0.4 is 5.73 Å². The maximum atomic E-state index is 6.00. The molecule has 0 amide bonds. The zero-order valence-electron chi connectivity index (χ0n) is 12.1. The van der Waals surface area contributed by atoms with Gasteiger partial charge in [-0.05, 0) is 46.2 Å². The van der Waals surface area contributed by atoms with E-state index in [4.69, 9.17) is 5.73 Å². The number of halogens is 1. The first-order valence-corrected chi connectivity index (χ1v) is 7.01. The van der Waals surface area contributed by atoms with Crippen molar-refractivity contribution in [1.82, 2.24) is 9.80 Å². The van der Waals surface area contributed by atoms with Gasteiger partial charge in [0.05, 0.1) is 6.54 Å². The Labute approximate surface area is 129 Å². The summed E-state index contributed by atoms with van der Waals surface area (Å²) >= 11 is 0.